The van der Waals surface area contributed by atoms with Gasteiger partial charge >= 0.3 is 0 Å². The Balaban J connectivity index is 2.04. The monoisotopic (exact) mass is 286 g/mol. The Kier molecular flexibility index (Phi) is 4.31. The van der Waals surface area contributed by atoms with Gasteiger partial charge in [0, 0.05) is 11.6 Å². The number of methoxy groups -OCH3 is 1. The molecule has 0 spiro atoms. The molecule has 0 bridgehead atoms. The number of carbonyl (C=O) groups is 1. The molecular weight excluding hydrogens is 275 g/mol. The second-order valence-corrected chi connectivity index (χ2v) is 3.99. The third kappa shape index (κ3) is 3.45. The van der Waals surface area contributed by atoms with E-state index >= 15 is 0 Å². The van der Waals surface area contributed by atoms with Gasteiger partial charge in [0.15, 0.2) is 5.82 Å². The number of hydrazine groups is 1. The molecule has 2 aromatic rings. The predicted octanol–water partition coefficient (Wildman–Crippen LogP) is 1.86. The molecule has 0 aliphatic heterocycles. The number of carbonyl (C=O) groups excluding carboxylic acids is 1. The molecule has 1 amide bonds. The van der Waals surface area contributed by atoms with E-state index in [2.05, 4.69) is 20.6 Å². The zero-order valence-electron chi connectivity index (χ0n) is 11.1. The Morgan fingerprint density at radius 2 is 2.24 bits per heavy atom. The van der Waals surface area contributed by atoms with Crippen LogP contribution in [0, 0.1) is 17.1 Å². The molecule has 2 rings (SSSR count). The van der Waals surface area contributed by atoms with Crippen molar-refractivity contribution < 1.29 is 13.9 Å². The van der Waals surface area contributed by atoms with Crippen molar-refractivity contribution in [3.05, 3.63) is 53.5 Å². The first-order valence-electron chi connectivity index (χ1n) is 5.90. The number of halogens is 1. The van der Waals surface area contributed by atoms with E-state index in [1.165, 1.54) is 19.4 Å². The van der Waals surface area contributed by atoms with E-state index < -0.39 is 11.7 Å². The molecule has 106 valence electrons. The summed E-state index contributed by atoms with van der Waals surface area (Å²) in [4.78, 5) is 15.6. The molecule has 0 saturated carbocycles. The van der Waals surface area contributed by atoms with Gasteiger partial charge in [-0.15, -0.1) is 0 Å². The number of ether oxygens (including phenoxy) is 1. The summed E-state index contributed by atoms with van der Waals surface area (Å²) in [7, 11) is 1.31. The Morgan fingerprint density at radius 3 is 2.90 bits per heavy atom. The second-order valence-electron chi connectivity index (χ2n) is 3.99. The summed E-state index contributed by atoms with van der Waals surface area (Å²) in [6, 6.07) is 9.28. The Hall–Kier alpha value is -3.14. The van der Waals surface area contributed by atoms with E-state index in [9.17, 15) is 9.18 Å². The Labute approximate surface area is 120 Å². The Morgan fingerprint density at radius 1 is 1.43 bits per heavy atom. The lowest BCUT2D eigenvalue weighted by Gasteiger charge is -2.09. The zero-order valence-corrected chi connectivity index (χ0v) is 11.1. The number of rotatable bonds is 4. The minimum absolute atomic E-state index is 0.131. The number of hydrogen-bond acceptors (Lipinski definition) is 5. The van der Waals surface area contributed by atoms with Gasteiger partial charge in [-0.05, 0) is 18.2 Å². The van der Waals surface area contributed by atoms with Gasteiger partial charge in [-0.1, -0.05) is 6.07 Å². The molecule has 1 aromatic carbocycles. The van der Waals surface area contributed by atoms with Gasteiger partial charge in [-0.3, -0.25) is 15.6 Å². The number of pyridine rings is 1. The van der Waals surface area contributed by atoms with Crippen molar-refractivity contribution in [2.75, 3.05) is 12.5 Å². The predicted molar refractivity (Wildman–Crippen MR) is 73.0 cm³/mol. The highest BCUT2D eigenvalue weighted by Gasteiger charge is 2.08. The fourth-order valence-corrected chi connectivity index (χ4v) is 1.58. The highest BCUT2D eigenvalue weighted by Crippen LogP contribution is 2.16. The van der Waals surface area contributed by atoms with Gasteiger partial charge in [-0.2, -0.15) is 5.26 Å². The molecule has 0 radical (unpaired) electrons. The van der Waals surface area contributed by atoms with Crippen LogP contribution in [0.4, 0.5) is 10.1 Å². The van der Waals surface area contributed by atoms with Crippen LogP contribution < -0.4 is 15.6 Å². The molecule has 1 heterocycles. The molecule has 0 aliphatic rings. The summed E-state index contributed by atoms with van der Waals surface area (Å²) in [5, 5.41) is 8.77. The smallest absolute Gasteiger partial charge is 0.269 e. The van der Waals surface area contributed by atoms with Crippen LogP contribution in [0.2, 0.25) is 0 Å². The van der Waals surface area contributed by atoms with Crippen molar-refractivity contribution in [3.63, 3.8) is 0 Å². The first kappa shape index (κ1) is 14.3. The van der Waals surface area contributed by atoms with Crippen LogP contribution in [0.1, 0.15) is 15.9 Å². The minimum atomic E-state index is -0.650. The molecule has 2 N–H and O–H groups in total. The lowest BCUT2D eigenvalue weighted by Crippen LogP contribution is -2.29. The third-order valence-electron chi connectivity index (χ3n) is 2.58. The molecule has 6 nitrogen and oxygen atoms in total. The lowest BCUT2D eigenvalue weighted by atomic mass is 10.1. The molecule has 0 fully saturated rings. The molecule has 21 heavy (non-hydrogen) atoms. The van der Waals surface area contributed by atoms with E-state index in [-0.39, 0.29) is 11.6 Å². The number of hydrogen-bond donors (Lipinski definition) is 2. The van der Waals surface area contributed by atoms with Crippen LogP contribution in [0.5, 0.6) is 5.88 Å². The zero-order chi connectivity index (χ0) is 15.2. The van der Waals surface area contributed by atoms with Crippen LogP contribution in [0.15, 0.2) is 36.5 Å². The first-order chi connectivity index (χ1) is 10.1. The van der Waals surface area contributed by atoms with E-state index in [4.69, 9.17) is 5.26 Å². The number of aromatic nitrogens is 1. The number of amides is 1. The topological polar surface area (TPSA) is 87.0 Å². The maximum atomic E-state index is 13.4. The molecule has 0 saturated heterocycles. The summed E-state index contributed by atoms with van der Waals surface area (Å²) in [5.74, 6) is -1.24. The normalized spacial score (nSPS) is 9.57. The van der Waals surface area contributed by atoms with Crippen molar-refractivity contribution in [3.8, 4) is 11.9 Å². The van der Waals surface area contributed by atoms with Gasteiger partial charge in [-0.25, -0.2) is 9.37 Å². The van der Waals surface area contributed by atoms with Crippen molar-refractivity contribution >= 4 is 11.6 Å². The van der Waals surface area contributed by atoms with Crippen LogP contribution in [-0.4, -0.2) is 18.0 Å². The van der Waals surface area contributed by atoms with E-state index in [1.807, 2.05) is 6.07 Å². The lowest BCUT2D eigenvalue weighted by molar-refractivity contribution is 0.0962. The van der Waals surface area contributed by atoms with Crippen LogP contribution >= 0.6 is 0 Å². The average molecular weight is 286 g/mol. The fraction of sp³-hybridized carbons (Fsp3) is 0.0714. The highest BCUT2D eigenvalue weighted by molar-refractivity contribution is 5.95. The Bertz CT molecular complexity index is 712. The number of benzene rings is 1. The average Bonchev–Trinajstić information content (AvgIpc) is 2.52. The molecule has 1 aromatic heterocycles. The number of nitriles is 1. The van der Waals surface area contributed by atoms with Crippen molar-refractivity contribution in [1.29, 1.82) is 5.26 Å². The van der Waals surface area contributed by atoms with Gasteiger partial charge < -0.3 is 4.74 Å². The van der Waals surface area contributed by atoms with Crippen molar-refractivity contribution in [1.82, 2.24) is 10.4 Å². The van der Waals surface area contributed by atoms with Gasteiger partial charge in [0.05, 0.1) is 30.6 Å². The summed E-state index contributed by atoms with van der Waals surface area (Å²) in [5.41, 5.74) is 5.86. The first-order valence-corrected chi connectivity index (χ1v) is 5.90. The molecule has 7 heteroatoms. The van der Waals surface area contributed by atoms with Crippen molar-refractivity contribution in [2.45, 2.75) is 0 Å². The maximum Gasteiger partial charge on any atom is 0.269 e. The highest BCUT2D eigenvalue weighted by atomic mass is 19.1. The second kappa shape index (κ2) is 6.34. The van der Waals surface area contributed by atoms with Crippen molar-refractivity contribution in [2.24, 2.45) is 0 Å². The van der Waals surface area contributed by atoms with E-state index in [0.717, 1.165) is 6.07 Å². The fourth-order valence-electron chi connectivity index (χ4n) is 1.58. The van der Waals surface area contributed by atoms with Gasteiger partial charge in [0.25, 0.3) is 5.91 Å². The summed E-state index contributed by atoms with van der Waals surface area (Å²) in [6.45, 7) is 0. The number of nitrogens with one attached hydrogen (secondary N) is 2. The summed E-state index contributed by atoms with van der Waals surface area (Å²) in [6.07, 6.45) is 1.31. The molecule has 0 unspecified atom stereocenters. The maximum absolute atomic E-state index is 13.4. The van der Waals surface area contributed by atoms with Crippen LogP contribution in [0.25, 0.3) is 0 Å². The number of nitrogens with zero attached hydrogens (tertiary/aromatic N) is 2. The van der Waals surface area contributed by atoms with Crippen LogP contribution in [-0.2, 0) is 0 Å². The van der Waals surface area contributed by atoms with E-state index in [0.29, 0.717) is 11.1 Å². The molecular formula is C14H11FN4O2. The molecule has 0 atom stereocenters. The van der Waals surface area contributed by atoms with Gasteiger partial charge in [0.1, 0.15) is 0 Å². The van der Waals surface area contributed by atoms with E-state index in [1.54, 1.807) is 18.2 Å². The minimum Gasteiger partial charge on any atom is -0.479 e. The third-order valence-corrected chi connectivity index (χ3v) is 2.58. The summed E-state index contributed by atoms with van der Waals surface area (Å²) < 4.78 is 18.1. The van der Waals surface area contributed by atoms with Gasteiger partial charge in [0.2, 0.25) is 5.88 Å². The largest absolute Gasteiger partial charge is 0.479 e. The number of anilines is 1. The SMILES string of the molecule is COc1ncc(NNC(=O)c2cccc(C#N)c2)cc1F. The molecule has 0 aliphatic carbocycles. The standard InChI is InChI=1S/C14H11FN4O2/c1-21-14-12(15)6-11(8-17-14)18-19-13(20)10-4-2-3-9(5-10)7-16/h2-6,8,18H,1H3,(H,19,20). The quantitative estimate of drug-likeness (QED) is 0.838. The van der Waals surface area contributed by atoms with Crippen LogP contribution in [0.3, 0.4) is 0 Å². The summed E-state index contributed by atoms with van der Waals surface area (Å²) >= 11 is 0.